The highest BCUT2D eigenvalue weighted by molar-refractivity contribution is 9.10. The van der Waals surface area contributed by atoms with Gasteiger partial charge in [-0.15, -0.1) is 0 Å². The summed E-state index contributed by atoms with van der Waals surface area (Å²) in [7, 11) is 0. The van der Waals surface area contributed by atoms with E-state index in [2.05, 4.69) is 26.6 Å². The first-order valence-electron chi connectivity index (χ1n) is 6.46. The van der Waals surface area contributed by atoms with Crippen molar-refractivity contribution >= 4 is 27.5 Å². The van der Waals surface area contributed by atoms with Gasteiger partial charge in [0.2, 0.25) is 0 Å². The van der Waals surface area contributed by atoms with Gasteiger partial charge in [-0.3, -0.25) is 0 Å². The van der Waals surface area contributed by atoms with Gasteiger partial charge in [0.1, 0.15) is 5.82 Å². The van der Waals surface area contributed by atoms with Gasteiger partial charge in [0, 0.05) is 15.9 Å². The topological polar surface area (TPSA) is 4.93 Å². The van der Waals surface area contributed by atoms with Gasteiger partial charge in [0.25, 0.3) is 0 Å². The predicted octanol–water partition coefficient (Wildman–Crippen LogP) is 6.01. The summed E-state index contributed by atoms with van der Waals surface area (Å²) in [6.07, 6.45) is 0. The maximum absolute atomic E-state index is 13.4. The molecule has 21 heavy (non-hydrogen) atoms. The summed E-state index contributed by atoms with van der Waals surface area (Å²) in [5.41, 5.74) is 4.05. The van der Waals surface area contributed by atoms with Gasteiger partial charge in [-0.05, 0) is 55.0 Å². The maximum Gasteiger partial charge on any atom is 0.141 e. The van der Waals surface area contributed by atoms with Crippen molar-refractivity contribution < 1.29 is 4.39 Å². The van der Waals surface area contributed by atoms with Crippen LogP contribution in [0, 0.1) is 12.7 Å². The highest BCUT2D eigenvalue weighted by Crippen LogP contribution is 2.29. The van der Waals surface area contributed by atoms with Crippen LogP contribution in [0.1, 0.15) is 5.69 Å². The third-order valence-corrected chi connectivity index (χ3v) is 4.20. The normalized spacial score (nSPS) is 10.9. The van der Waals surface area contributed by atoms with E-state index in [0.29, 0.717) is 0 Å². The van der Waals surface area contributed by atoms with Crippen LogP contribution in [0.4, 0.5) is 4.39 Å². The highest BCUT2D eigenvalue weighted by atomic mass is 79.9. The van der Waals surface area contributed by atoms with Crippen LogP contribution in [0.5, 0.6) is 0 Å². The molecule has 0 bridgehead atoms. The first kappa shape index (κ1) is 14.4. The number of rotatable bonds is 2. The monoisotopic (exact) mass is 363 g/mol. The molecule has 3 rings (SSSR count). The summed E-state index contributed by atoms with van der Waals surface area (Å²) >= 11 is 9.35. The zero-order chi connectivity index (χ0) is 15.0. The number of aromatic nitrogens is 1. The molecule has 1 heterocycles. The van der Waals surface area contributed by atoms with Gasteiger partial charge in [-0.1, -0.05) is 39.7 Å². The zero-order valence-corrected chi connectivity index (χ0v) is 13.6. The molecule has 0 unspecified atom stereocenters. The van der Waals surface area contributed by atoms with Crippen molar-refractivity contribution in [3.63, 3.8) is 0 Å². The first-order valence-corrected chi connectivity index (χ1v) is 7.63. The van der Waals surface area contributed by atoms with Gasteiger partial charge in [-0.2, -0.15) is 0 Å². The molecule has 1 nitrogen and oxygen atoms in total. The Morgan fingerprint density at radius 3 is 2.38 bits per heavy atom. The Hall–Kier alpha value is -1.58. The molecule has 0 radical (unpaired) electrons. The molecule has 0 saturated carbocycles. The minimum atomic E-state index is -0.407. The molecule has 106 valence electrons. The predicted molar refractivity (Wildman–Crippen MR) is 88.6 cm³/mol. The van der Waals surface area contributed by atoms with E-state index in [1.165, 1.54) is 6.07 Å². The highest BCUT2D eigenvalue weighted by Gasteiger charge is 2.11. The van der Waals surface area contributed by atoms with Gasteiger partial charge in [-0.25, -0.2) is 4.39 Å². The molecule has 0 saturated heterocycles. The molecule has 0 spiro atoms. The van der Waals surface area contributed by atoms with Crippen molar-refractivity contribution in [2.75, 3.05) is 0 Å². The fourth-order valence-corrected chi connectivity index (χ4v) is 2.79. The molecule has 2 aromatic carbocycles. The largest absolute Gasteiger partial charge is 0.314 e. The lowest BCUT2D eigenvalue weighted by Crippen LogP contribution is -1.99. The van der Waals surface area contributed by atoms with Crippen molar-refractivity contribution in [2.24, 2.45) is 0 Å². The molecule has 4 heteroatoms. The van der Waals surface area contributed by atoms with Crippen LogP contribution in [0.2, 0.25) is 5.02 Å². The van der Waals surface area contributed by atoms with E-state index < -0.39 is 5.82 Å². The molecular formula is C17H12BrClFN. The van der Waals surface area contributed by atoms with E-state index in [1.807, 2.05) is 37.3 Å². The van der Waals surface area contributed by atoms with Crippen LogP contribution < -0.4 is 0 Å². The number of halogens is 3. The number of benzene rings is 2. The van der Waals surface area contributed by atoms with Gasteiger partial charge < -0.3 is 4.57 Å². The third-order valence-electron chi connectivity index (χ3n) is 3.38. The molecule has 0 aliphatic carbocycles. The van der Waals surface area contributed by atoms with E-state index in [1.54, 1.807) is 12.1 Å². The summed E-state index contributed by atoms with van der Waals surface area (Å²) in [4.78, 5) is 0. The Morgan fingerprint density at radius 1 is 1.00 bits per heavy atom. The Balaban J connectivity index is 2.16. The lowest BCUT2D eigenvalue weighted by atomic mass is 10.1. The van der Waals surface area contributed by atoms with Crippen molar-refractivity contribution in [1.29, 1.82) is 0 Å². The van der Waals surface area contributed by atoms with Crippen molar-refractivity contribution in [1.82, 2.24) is 4.57 Å². The van der Waals surface area contributed by atoms with Crippen molar-refractivity contribution in [3.8, 4) is 16.9 Å². The minimum Gasteiger partial charge on any atom is -0.314 e. The molecule has 0 N–H and O–H groups in total. The fraction of sp³-hybridized carbons (Fsp3) is 0.0588. The second-order valence-electron chi connectivity index (χ2n) is 4.80. The molecule has 0 amide bonds. The summed E-state index contributed by atoms with van der Waals surface area (Å²) in [6.45, 7) is 2.01. The number of aryl methyl sites for hydroxylation is 1. The van der Waals surface area contributed by atoms with Gasteiger partial charge in [0.05, 0.1) is 10.7 Å². The average molecular weight is 365 g/mol. The standard InChI is InChI=1S/C17H12BrClFN/c1-11-2-9-17(12-3-5-13(18)6-4-12)21(11)14-7-8-16(20)15(19)10-14/h2-10H,1H3. The van der Waals surface area contributed by atoms with Crippen LogP contribution in [0.15, 0.2) is 59.1 Å². The lowest BCUT2D eigenvalue weighted by molar-refractivity contribution is 0.628. The van der Waals surface area contributed by atoms with Crippen molar-refractivity contribution in [2.45, 2.75) is 6.92 Å². The second kappa shape index (κ2) is 5.66. The Morgan fingerprint density at radius 2 is 1.71 bits per heavy atom. The van der Waals surface area contributed by atoms with Crippen molar-refractivity contribution in [3.05, 3.63) is 75.6 Å². The summed E-state index contributed by atoms with van der Waals surface area (Å²) in [6, 6.07) is 16.9. The molecule has 0 fully saturated rings. The summed E-state index contributed by atoms with van der Waals surface area (Å²) in [5, 5.41) is 0.127. The van der Waals surface area contributed by atoms with Gasteiger partial charge >= 0.3 is 0 Å². The Labute approximate surface area is 136 Å². The molecule has 0 aliphatic heterocycles. The number of nitrogens with zero attached hydrogens (tertiary/aromatic N) is 1. The molecule has 3 aromatic rings. The lowest BCUT2D eigenvalue weighted by Gasteiger charge is -2.13. The number of hydrogen-bond donors (Lipinski definition) is 0. The van der Waals surface area contributed by atoms with E-state index >= 15 is 0 Å². The third kappa shape index (κ3) is 2.76. The van der Waals surface area contributed by atoms with Crippen LogP contribution in [0.3, 0.4) is 0 Å². The molecule has 1 aromatic heterocycles. The van der Waals surface area contributed by atoms with Crippen LogP contribution in [-0.4, -0.2) is 4.57 Å². The average Bonchev–Trinajstić information content (AvgIpc) is 2.85. The molecular weight excluding hydrogens is 353 g/mol. The molecule has 0 atom stereocenters. The van der Waals surface area contributed by atoms with Crippen LogP contribution in [0.25, 0.3) is 16.9 Å². The SMILES string of the molecule is Cc1ccc(-c2ccc(Br)cc2)n1-c1ccc(F)c(Cl)c1. The number of hydrogen-bond acceptors (Lipinski definition) is 0. The van der Waals surface area contributed by atoms with E-state index in [4.69, 9.17) is 11.6 Å². The molecule has 0 aliphatic rings. The smallest absolute Gasteiger partial charge is 0.141 e. The van der Waals surface area contributed by atoms with Gasteiger partial charge in [0.15, 0.2) is 0 Å². The maximum atomic E-state index is 13.4. The quantitative estimate of drug-likeness (QED) is 0.525. The Bertz CT molecular complexity index is 793. The van der Waals surface area contributed by atoms with E-state index in [0.717, 1.165) is 27.1 Å². The van der Waals surface area contributed by atoms with Crippen LogP contribution >= 0.6 is 27.5 Å². The van der Waals surface area contributed by atoms with E-state index in [9.17, 15) is 4.39 Å². The second-order valence-corrected chi connectivity index (χ2v) is 6.12. The van der Waals surface area contributed by atoms with E-state index in [-0.39, 0.29) is 5.02 Å². The fourth-order valence-electron chi connectivity index (χ4n) is 2.35. The first-order chi connectivity index (χ1) is 10.1. The van der Waals surface area contributed by atoms with Crippen LogP contribution in [-0.2, 0) is 0 Å². The summed E-state index contributed by atoms with van der Waals surface area (Å²) < 4.78 is 16.5. The zero-order valence-electron chi connectivity index (χ0n) is 11.3. The minimum absolute atomic E-state index is 0.127. The summed E-state index contributed by atoms with van der Waals surface area (Å²) in [5.74, 6) is -0.407. The Kier molecular flexibility index (Phi) is 3.87.